The van der Waals surface area contributed by atoms with Gasteiger partial charge in [-0.1, -0.05) is 18.2 Å². The lowest BCUT2D eigenvalue weighted by Gasteiger charge is -2.28. The second-order valence-electron chi connectivity index (χ2n) is 5.81. The summed E-state index contributed by atoms with van der Waals surface area (Å²) in [7, 11) is 0. The predicted molar refractivity (Wildman–Crippen MR) is 90.5 cm³/mol. The molecule has 4 heteroatoms. The van der Waals surface area contributed by atoms with Crippen LogP contribution in [0.25, 0.3) is 11.3 Å². The van der Waals surface area contributed by atoms with Gasteiger partial charge in [0.1, 0.15) is 11.6 Å². The molecule has 1 aliphatic heterocycles. The van der Waals surface area contributed by atoms with Crippen molar-refractivity contribution in [2.75, 3.05) is 31.1 Å². The number of hydrogen-bond donors (Lipinski definition) is 1. The summed E-state index contributed by atoms with van der Waals surface area (Å²) in [5, 5.41) is 3.37. The van der Waals surface area contributed by atoms with Crippen molar-refractivity contribution in [3.05, 3.63) is 42.5 Å². The first-order chi connectivity index (χ1) is 10.7. The summed E-state index contributed by atoms with van der Waals surface area (Å²) in [5.41, 5.74) is 2.08. The van der Waals surface area contributed by atoms with Crippen LogP contribution in [0.2, 0.25) is 0 Å². The van der Waals surface area contributed by atoms with Gasteiger partial charge in [-0.25, -0.2) is 4.98 Å². The summed E-state index contributed by atoms with van der Waals surface area (Å²) >= 11 is 0. The third kappa shape index (κ3) is 3.57. The highest BCUT2D eigenvalue weighted by atomic mass is 16.5. The Morgan fingerprint density at radius 2 is 1.86 bits per heavy atom. The number of anilines is 1. The summed E-state index contributed by atoms with van der Waals surface area (Å²) < 4.78 is 5.78. The molecule has 0 atom stereocenters. The number of ether oxygens (including phenoxy) is 1. The third-order valence-corrected chi connectivity index (χ3v) is 3.68. The fourth-order valence-electron chi connectivity index (χ4n) is 2.65. The van der Waals surface area contributed by atoms with Crippen LogP contribution in [0, 0.1) is 0 Å². The van der Waals surface area contributed by atoms with Gasteiger partial charge in [-0.3, -0.25) is 0 Å². The van der Waals surface area contributed by atoms with E-state index in [9.17, 15) is 0 Å². The van der Waals surface area contributed by atoms with Gasteiger partial charge in [0.25, 0.3) is 0 Å². The average Bonchev–Trinajstić information content (AvgIpc) is 2.55. The number of hydrogen-bond acceptors (Lipinski definition) is 4. The van der Waals surface area contributed by atoms with Crippen molar-refractivity contribution >= 4 is 5.82 Å². The van der Waals surface area contributed by atoms with Crippen LogP contribution in [0.15, 0.2) is 42.5 Å². The SMILES string of the molecule is CC(C)Oc1cccc(-c2cccc(N3CCNCC3)n2)c1. The molecule has 1 N–H and O–H groups in total. The van der Waals surface area contributed by atoms with Gasteiger partial charge in [0.05, 0.1) is 11.8 Å². The minimum Gasteiger partial charge on any atom is -0.491 e. The Balaban J connectivity index is 1.85. The van der Waals surface area contributed by atoms with E-state index in [0.717, 1.165) is 49.0 Å². The third-order valence-electron chi connectivity index (χ3n) is 3.68. The van der Waals surface area contributed by atoms with Gasteiger partial charge in [0.15, 0.2) is 0 Å². The zero-order valence-electron chi connectivity index (χ0n) is 13.2. The highest BCUT2D eigenvalue weighted by Crippen LogP contribution is 2.25. The normalized spacial score (nSPS) is 15.1. The van der Waals surface area contributed by atoms with Crippen molar-refractivity contribution in [2.45, 2.75) is 20.0 Å². The van der Waals surface area contributed by atoms with Crippen molar-refractivity contribution < 1.29 is 4.74 Å². The first-order valence-electron chi connectivity index (χ1n) is 7.92. The Morgan fingerprint density at radius 3 is 2.64 bits per heavy atom. The largest absolute Gasteiger partial charge is 0.491 e. The predicted octanol–water partition coefficient (Wildman–Crippen LogP) is 2.95. The van der Waals surface area contributed by atoms with E-state index < -0.39 is 0 Å². The number of nitrogens with zero attached hydrogens (tertiary/aromatic N) is 2. The Hall–Kier alpha value is -2.07. The summed E-state index contributed by atoms with van der Waals surface area (Å²) in [6.45, 7) is 8.12. The Labute approximate surface area is 132 Å². The highest BCUT2D eigenvalue weighted by Gasteiger charge is 2.12. The zero-order valence-corrected chi connectivity index (χ0v) is 13.2. The maximum Gasteiger partial charge on any atom is 0.129 e. The van der Waals surface area contributed by atoms with Crippen LogP contribution in [0.1, 0.15) is 13.8 Å². The van der Waals surface area contributed by atoms with E-state index in [0.29, 0.717) is 0 Å². The van der Waals surface area contributed by atoms with Crippen LogP contribution in [-0.4, -0.2) is 37.3 Å². The molecule has 0 saturated carbocycles. The Morgan fingerprint density at radius 1 is 1.09 bits per heavy atom. The smallest absolute Gasteiger partial charge is 0.129 e. The molecule has 3 rings (SSSR count). The summed E-state index contributed by atoms with van der Waals surface area (Å²) in [6, 6.07) is 14.4. The van der Waals surface area contributed by atoms with Gasteiger partial charge < -0.3 is 15.0 Å². The highest BCUT2D eigenvalue weighted by molar-refractivity contribution is 5.63. The van der Waals surface area contributed by atoms with E-state index >= 15 is 0 Å². The van der Waals surface area contributed by atoms with E-state index in [1.54, 1.807) is 0 Å². The van der Waals surface area contributed by atoms with E-state index in [1.165, 1.54) is 0 Å². The number of pyridine rings is 1. The van der Waals surface area contributed by atoms with Crippen LogP contribution >= 0.6 is 0 Å². The van der Waals surface area contributed by atoms with Gasteiger partial charge in [-0.15, -0.1) is 0 Å². The molecule has 0 aliphatic carbocycles. The fourth-order valence-corrected chi connectivity index (χ4v) is 2.65. The molecule has 2 aromatic rings. The summed E-state index contributed by atoms with van der Waals surface area (Å²) in [4.78, 5) is 7.16. The number of piperazine rings is 1. The van der Waals surface area contributed by atoms with Crippen molar-refractivity contribution in [1.82, 2.24) is 10.3 Å². The maximum absolute atomic E-state index is 5.78. The molecule has 1 aromatic carbocycles. The molecule has 0 radical (unpaired) electrons. The van der Waals surface area contributed by atoms with E-state index in [4.69, 9.17) is 9.72 Å². The number of nitrogens with one attached hydrogen (secondary N) is 1. The molecule has 0 spiro atoms. The lowest BCUT2D eigenvalue weighted by molar-refractivity contribution is 0.242. The first kappa shape index (κ1) is 14.9. The Bertz CT molecular complexity index is 621. The van der Waals surface area contributed by atoms with Crippen LogP contribution in [-0.2, 0) is 0 Å². The minimum absolute atomic E-state index is 0.176. The summed E-state index contributed by atoms with van der Waals surface area (Å²) in [5.74, 6) is 1.94. The molecule has 0 amide bonds. The molecule has 1 aromatic heterocycles. The lowest BCUT2D eigenvalue weighted by Crippen LogP contribution is -2.43. The van der Waals surface area contributed by atoms with Crippen molar-refractivity contribution in [1.29, 1.82) is 0 Å². The molecule has 1 saturated heterocycles. The molecule has 4 nitrogen and oxygen atoms in total. The second-order valence-corrected chi connectivity index (χ2v) is 5.81. The molecule has 1 aliphatic rings. The van der Waals surface area contributed by atoms with E-state index in [1.807, 2.05) is 26.0 Å². The molecule has 1 fully saturated rings. The molecule has 116 valence electrons. The lowest BCUT2D eigenvalue weighted by atomic mass is 10.1. The van der Waals surface area contributed by atoms with Crippen LogP contribution in [0.4, 0.5) is 5.82 Å². The standard InChI is InChI=1S/C18H23N3O/c1-14(2)22-16-6-3-5-15(13-16)17-7-4-8-18(20-17)21-11-9-19-10-12-21/h3-8,13-14,19H,9-12H2,1-2H3. The number of aromatic nitrogens is 1. The molecular weight excluding hydrogens is 274 g/mol. The summed E-state index contributed by atoms with van der Waals surface area (Å²) in [6.07, 6.45) is 0.176. The van der Waals surface area contributed by atoms with Crippen LogP contribution in [0.3, 0.4) is 0 Å². The second kappa shape index (κ2) is 6.79. The van der Waals surface area contributed by atoms with E-state index in [-0.39, 0.29) is 6.10 Å². The molecule has 0 unspecified atom stereocenters. The fraction of sp³-hybridized carbons (Fsp3) is 0.389. The maximum atomic E-state index is 5.78. The molecular formula is C18H23N3O. The van der Waals surface area contributed by atoms with Gasteiger partial charge in [-0.2, -0.15) is 0 Å². The van der Waals surface area contributed by atoms with Gasteiger partial charge >= 0.3 is 0 Å². The van der Waals surface area contributed by atoms with Crippen molar-refractivity contribution in [3.8, 4) is 17.0 Å². The van der Waals surface area contributed by atoms with Gasteiger partial charge in [0, 0.05) is 31.7 Å². The molecule has 2 heterocycles. The van der Waals surface area contributed by atoms with Gasteiger partial charge in [0.2, 0.25) is 0 Å². The van der Waals surface area contributed by atoms with Crippen LogP contribution < -0.4 is 15.0 Å². The Kier molecular flexibility index (Phi) is 4.59. The molecule has 0 bridgehead atoms. The topological polar surface area (TPSA) is 37.4 Å². The first-order valence-corrected chi connectivity index (χ1v) is 7.92. The number of rotatable bonds is 4. The quantitative estimate of drug-likeness (QED) is 0.941. The van der Waals surface area contributed by atoms with Gasteiger partial charge in [-0.05, 0) is 38.1 Å². The minimum atomic E-state index is 0.176. The number of benzene rings is 1. The van der Waals surface area contributed by atoms with E-state index in [2.05, 4.69) is 40.5 Å². The zero-order chi connectivity index (χ0) is 15.4. The monoisotopic (exact) mass is 297 g/mol. The van der Waals surface area contributed by atoms with Crippen LogP contribution in [0.5, 0.6) is 5.75 Å². The van der Waals surface area contributed by atoms with Crippen molar-refractivity contribution in [3.63, 3.8) is 0 Å². The average molecular weight is 297 g/mol. The molecule has 22 heavy (non-hydrogen) atoms. The van der Waals surface area contributed by atoms with Crippen molar-refractivity contribution in [2.24, 2.45) is 0 Å².